The summed E-state index contributed by atoms with van der Waals surface area (Å²) in [6.45, 7) is 17.0. The van der Waals surface area contributed by atoms with Crippen LogP contribution in [-0.2, 0) is 6.54 Å². The molecule has 1 unspecified atom stereocenters. The van der Waals surface area contributed by atoms with E-state index in [0.29, 0.717) is 19.2 Å². The van der Waals surface area contributed by atoms with Gasteiger partial charge >= 0.3 is 0 Å². The highest BCUT2D eigenvalue weighted by Crippen LogP contribution is 2.28. The summed E-state index contributed by atoms with van der Waals surface area (Å²) >= 11 is 0. The van der Waals surface area contributed by atoms with Crippen LogP contribution in [0.3, 0.4) is 0 Å². The molecule has 1 saturated heterocycles. The average molecular weight is 434 g/mol. The first-order valence-electron chi connectivity index (χ1n) is 11.9. The summed E-state index contributed by atoms with van der Waals surface area (Å²) in [4.78, 5) is 9.67. The van der Waals surface area contributed by atoms with Gasteiger partial charge in [0.15, 0.2) is 17.5 Å². The fourth-order valence-electron chi connectivity index (χ4n) is 4.02. The minimum absolute atomic E-state index is 0.591. The van der Waals surface area contributed by atoms with E-state index in [1.54, 1.807) is 7.11 Å². The van der Waals surface area contributed by atoms with Crippen LogP contribution in [0.1, 0.15) is 46.1 Å². The van der Waals surface area contributed by atoms with E-state index < -0.39 is 0 Å². The number of rotatable bonds is 13. The van der Waals surface area contributed by atoms with Crippen LogP contribution in [0.5, 0.6) is 11.5 Å². The smallest absolute Gasteiger partial charge is 0.191 e. The molecule has 1 heterocycles. The zero-order valence-corrected chi connectivity index (χ0v) is 20.2. The minimum atomic E-state index is 0.591. The second kappa shape index (κ2) is 14.1. The van der Waals surface area contributed by atoms with Gasteiger partial charge in [-0.2, -0.15) is 0 Å². The number of hydrogen-bond donors (Lipinski definition) is 2. The van der Waals surface area contributed by atoms with Gasteiger partial charge in [0.05, 0.1) is 13.7 Å². The van der Waals surface area contributed by atoms with Gasteiger partial charge in [-0.15, -0.1) is 0 Å². The molecule has 0 radical (unpaired) electrons. The van der Waals surface area contributed by atoms with Crippen molar-refractivity contribution in [2.24, 2.45) is 4.99 Å². The Morgan fingerprint density at radius 3 is 2.65 bits per heavy atom. The first-order chi connectivity index (χ1) is 15.1. The topological polar surface area (TPSA) is 61.4 Å². The lowest BCUT2D eigenvalue weighted by atomic mass is 10.2. The van der Waals surface area contributed by atoms with Crippen molar-refractivity contribution in [3.05, 3.63) is 23.8 Å². The lowest BCUT2D eigenvalue weighted by Crippen LogP contribution is -2.44. The van der Waals surface area contributed by atoms with Crippen molar-refractivity contribution in [3.63, 3.8) is 0 Å². The average Bonchev–Trinajstić information content (AvgIpc) is 3.26. The molecular formula is C24H43N5O2. The van der Waals surface area contributed by atoms with Gasteiger partial charge < -0.3 is 25.0 Å². The molecule has 2 N–H and O–H groups in total. The number of likely N-dealkylation sites (N-methyl/N-ethyl adjacent to an activating group) is 2. The summed E-state index contributed by atoms with van der Waals surface area (Å²) in [5, 5.41) is 6.88. The van der Waals surface area contributed by atoms with Gasteiger partial charge in [-0.05, 0) is 63.6 Å². The van der Waals surface area contributed by atoms with E-state index in [-0.39, 0.29) is 0 Å². The number of ether oxygens (including phenoxy) is 2. The number of hydrogen-bond acceptors (Lipinski definition) is 5. The second-order valence-electron chi connectivity index (χ2n) is 7.86. The molecule has 0 spiro atoms. The second-order valence-corrected chi connectivity index (χ2v) is 7.86. The van der Waals surface area contributed by atoms with Gasteiger partial charge in [-0.1, -0.05) is 26.8 Å². The van der Waals surface area contributed by atoms with Crippen molar-refractivity contribution in [3.8, 4) is 11.5 Å². The van der Waals surface area contributed by atoms with Crippen LogP contribution in [0.15, 0.2) is 23.2 Å². The van der Waals surface area contributed by atoms with Gasteiger partial charge in [0.2, 0.25) is 0 Å². The van der Waals surface area contributed by atoms with Crippen molar-refractivity contribution in [2.45, 2.75) is 53.1 Å². The molecule has 1 aliphatic rings. The van der Waals surface area contributed by atoms with E-state index in [1.807, 2.05) is 12.1 Å². The maximum absolute atomic E-state index is 5.97. The number of guanidine groups is 1. The van der Waals surface area contributed by atoms with Crippen LogP contribution in [0, 0.1) is 0 Å². The van der Waals surface area contributed by atoms with Gasteiger partial charge in [0, 0.05) is 25.7 Å². The van der Waals surface area contributed by atoms with Crippen LogP contribution in [0.4, 0.5) is 0 Å². The zero-order valence-electron chi connectivity index (χ0n) is 20.2. The molecule has 0 aromatic heterocycles. The monoisotopic (exact) mass is 433 g/mol. The summed E-state index contributed by atoms with van der Waals surface area (Å²) in [5.41, 5.74) is 1.10. The van der Waals surface area contributed by atoms with Crippen LogP contribution >= 0.6 is 0 Å². The van der Waals surface area contributed by atoms with Crippen LogP contribution < -0.4 is 20.1 Å². The molecule has 1 atom stereocenters. The Balaban J connectivity index is 1.93. The Morgan fingerprint density at radius 2 is 1.97 bits per heavy atom. The molecule has 176 valence electrons. The number of nitrogens with one attached hydrogen (secondary N) is 2. The highest BCUT2D eigenvalue weighted by atomic mass is 16.5. The first-order valence-corrected chi connectivity index (χ1v) is 11.9. The summed E-state index contributed by atoms with van der Waals surface area (Å²) < 4.78 is 11.5. The molecule has 1 aliphatic heterocycles. The maximum atomic E-state index is 5.97. The van der Waals surface area contributed by atoms with Crippen molar-refractivity contribution in [1.82, 2.24) is 20.4 Å². The molecule has 1 aromatic rings. The SMILES string of the molecule is CCNC(=NCc1ccc(OCCN(CC)CC)c(OC)c1)NCC1CCCN1CC. The van der Waals surface area contributed by atoms with E-state index in [9.17, 15) is 0 Å². The van der Waals surface area contributed by atoms with Gasteiger partial charge in [-0.3, -0.25) is 4.90 Å². The highest BCUT2D eigenvalue weighted by molar-refractivity contribution is 5.79. The Morgan fingerprint density at radius 1 is 1.16 bits per heavy atom. The molecule has 0 bridgehead atoms. The Kier molecular flexibility index (Phi) is 11.5. The molecule has 31 heavy (non-hydrogen) atoms. The maximum Gasteiger partial charge on any atom is 0.191 e. The zero-order chi connectivity index (χ0) is 22.5. The summed E-state index contributed by atoms with van der Waals surface area (Å²) in [7, 11) is 1.69. The molecule has 0 saturated carbocycles. The lowest BCUT2D eigenvalue weighted by molar-refractivity contribution is 0.217. The fourth-order valence-corrected chi connectivity index (χ4v) is 4.02. The van der Waals surface area contributed by atoms with Crippen molar-refractivity contribution >= 4 is 5.96 Å². The molecule has 1 aromatic carbocycles. The van der Waals surface area contributed by atoms with Crippen molar-refractivity contribution < 1.29 is 9.47 Å². The Bertz CT molecular complexity index is 663. The Labute approximate surface area is 189 Å². The molecule has 7 heteroatoms. The molecule has 2 rings (SSSR count). The third kappa shape index (κ3) is 8.22. The van der Waals surface area contributed by atoms with E-state index in [0.717, 1.165) is 62.3 Å². The quantitative estimate of drug-likeness (QED) is 0.368. The number of methoxy groups -OCH3 is 1. The summed E-state index contributed by atoms with van der Waals surface area (Å²) in [6, 6.07) is 6.68. The van der Waals surface area contributed by atoms with E-state index in [2.05, 4.69) is 54.2 Å². The molecule has 1 fully saturated rings. The van der Waals surface area contributed by atoms with E-state index in [4.69, 9.17) is 14.5 Å². The number of nitrogens with zero attached hydrogens (tertiary/aromatic N) is 3. The lowest BCUT2D eigenvalue weighted by Gasteiger charge is -2.24. The largest absolute Gasteiger partial charge is 0.493 e. The predicted octanol–water partition coefficient (Wildman–Crippen LogP) is 2.96. The third-order valence-electron chi connectivity index (χ3n) is 5.96. The minimum Gasteiger partial charge on any atom is -0.493 e. The van der Waals surface area contributed by atoms with E-state index >= 15 is 0 Å². The van der Waals surface area contributed by atoms with Gasteiger partial charge in [-0.25, -0.2) is 4.99 Å². The first kappa shape index (κ1) is 25.3. The van der Waals surface area contributed by atoms with Gasteiger partial charge in [0.25, 0.3) is 0 Å². The molecule has 0 amide bonds. The highest BCUT2D eigenvalue weighted by Gasteiger charge is 2.22. The van der Waals surface area contributed by atoms with Crippen LogP contribution in [-0.4, -0.2) is 81.3 Å². The molecule has 0 aliphatic carbocycles. The number of benzene rings is 1. The summed E-state index contributed by atoms with van der Waals surface area (Å²) in [6.07, 6.45) is 2.55. The number of likely N-dealkylation sites (tertiary alicyclic amines) is 1. The van der Waals surface area contributed by atoms with Crippen LogP contribution in [0.2, 0.25) is 0 Å². The van der Waals surface area contributed by atoms with Gasteiger partial charge in [0.1, 0.15) is 6.61 Å². The normalized spacial score (nSPS) is 17.2. The fraction of sp³-hybridized carbons (Fsp3) is 0.708. The van der Waals surface area contributed by atoms with Crippen molar-refractivity contribution in [1.29, 1.82) is 0 Å². The third-order valence-corrected chi connectivity index (χ3v) is 5.96. The Hall–Kier alpha value is -1.99. The molecular weight excluding hydrogens is 390 g/mol. The predicted molar refractivity (Wildman–Crippen MR) is 129 cm³/mol. The van der Waals surface area contributed by atoms with Crippen molar-refractivity contribution in [2.75, 3.05) is 59.5 Å². The van der Waals surface area contributed by atoms with Crippen LogP contribution in [0.25, 0.3) is 0 Å². The molecule has 7 nitrogen and oxygen atoms in total. The summed E-state index contributed by atoms with van der Waals surface area (Å²) in [5.74, 6) is 2.41. The number of aliphatic imine (C=N–C) groups is 1. The van der Waals surface area contributed by atoms with E-state index in [1.165, 1.54) is 19.4 Å². The standard InChI is InChI=1S/C24H43N5O2/c1-6-25-24(27-19-21-11-10-14-29(21)9-4)26-18-20-12-13-22(23(17-20)30-5)31-16-15-28(7-2)8-3/h12-13,17,21H,6-11,14-16,18-19H2,1-5H3,(H2,25,26,27).